The Morgan fingerprint density at radius 3 is 2.50 bits per heavy atom. The second kappa shape index (κ2) is 7.99. The molecule has 0 saturated carbocycles. The Balaban J connectivity index is 1.92. The van der Waals surface area contributed by atoms with E-state index in [9.17, 15) is 4.79 Å². The van der Waals surface area contributed by atoms with Crippen molar-refractivity contribution in [1.29, 1.82) is 0 Å². The zero-order chi connectivity index (χ0) is 15.9. The van der Waals surface area contributed by atoms with Crippen LogP contribution in [0.25, 0.3) is 0 Å². The highest BCUT2D eigenvalue weighted by atomic mass is 79.9. The molecule has 0 spiro atoms. The van der Waals surface area contributed by atoms with E-state index in [1.165, 1.54) is 11.1 Å². The van der Waals surface area contributed by atoms with E-state index in [1.807, 2.05) is 42.5 Å². The Hall–Kier alpha value is -1.81. The fourth-order valence-electron chi connectivity index (χ4n) is 2.07. The minimum Gasteiger partial charge on any atom is -0.484 e. The van der Waals surface area contributed by atoms with Crippen molar-refractivity contribution in [2.45, 2.75) is 26.7 Å². The van der Waals surface area contributed by atoms with Crippen molar-refractivity contribution in [3.05, 3.63) is 58.1 Å². The molecule has 0 atom stereocenters. The van der Waals surface area contributed by atoms with E-state index in [0.29, 0.717) is 0 Å². The van der Waals surface area contributed by atoms with Crippen LogP contribution < -0.4 is 10.1 Å². The van der Waals surface area contributed by atoms with Gasteiger partial charge in [0.25, 0.3) is 5.91 Å². The minimum absolute atomic E-state index is 0.00482. The van der Waals surface area contributed by atoms with Gasteiger partial charge in [-0.15, -0.1) is 0 Å². The van der Waals surface area contributed by atoms with E-state index in [2.05, 4.69) is 35.1 Å². The first-order valence-electron chi connectivity index (χ1n) is 7.42. The zero-order valence-corrected chi connectivity index (χ0v) is 14.4. The lowest BCUT2D eigenvalue weighted by atomic mass is 10.1. The smallest absolute Gasteiger partial charge is 0.262 e. The Bertz CT molecular complexity index is 655. The molecule has 0 aromatic heterocycles. The van der Waals surface area contributed by atoms with E-state index in [0.717, 1.165) is 28.8 Å². The van der Waals surface area contributed by atoms with Crippen molar-refractivity contribution in [3.63, 3.8) is 0 Å². The van der Waals surface area contributed by atoms with Crippen molar-refractivity contribution >= 4 is 27.5 Å². The molecule has 116 valence electrons. The van der Waals surface area contributed by atoms with Gasteiger partial charge in [0.2, 0.25) is 0 Å². The predicted molar refractivity (Wildman–Crippen MR) is 93.5 cm³/mol. The topological polar surface area (TPSA) is 38.3 Å². The van der Waals surface area contributed by atoms with Crippen LogP contribution in [0.3, 0.4) is 0 Å². The molecule has 0 aliphatic heterocycles. The standard InChI is InChI=1S/C18H20BrNO2/c1-3-13-6-5-7-15(10-13)22-12-18(21)20-17-9-8-14(4-2)11-16(17)19/h5-11H,3-4,12H2,1-2H3,(H,20,21). The number of benzene rings is 2. The lowest BCUT2D eigenvalue weighted by Gasteiger charge is -2.10. The molecule has 0 bridgehead atoms. The van der Waals surface area contributed by atoms with Crippen LogP contribution in [-0.4, -0.2) is 12.5 Å². The summed E-state index contributed by atoms with van der Waals surface area (Å²) in [6, 6.07) is 13.7. The van der Waals surface area contributed by atoms with E-state index in [1.54, 1.807) is 0 Å². The number of hydrogen-bond acceptors (Lipinski definition) is 2. The van der Waals surface area contributed by atoms with Gasteiger partial charge in [0.1, 0.15) is 5.75 Å². The molecule has 1 N–H and O–H groups in total. The van der Waals surface area contributed by atoms with E-state index in [4.69, 9.17) is 4.74 Å². The minimum atomic E-state index is -0.174. The molecule has 3 nitrogen and oxygen atoms in total. The Morgan fingerprint density at radius 2 is 1.82 bits per heavy atom. The summed E-state index contributed by atoms with van der Waals surface area (Å²) in [5.74, 6) is 0.543. The maximum atomic E-state index is 12.0. The van der Waals surface area contributed by atoms with Crippen LogP contribution in [0.15, 0.2) is 46.9 Å². The van der Waals surface area contributed by atoms with Gasteiger partial charge in [-0.3, -0.25) is 4.79 Å². The monoisotopic (exact) mass is 361 g/mol. The second-order valence-electron chi connectivity index (χ2n) is 5.01. The summed E-state index contributed by atoms with van der Waals surface area (Å²) in [6.07, 6.45) is 1.91. The normalized spacial score (nSPS) is 10.3. The molecule has 2 aromatic carbocycles. The van der Waals surface area contributed by atoms with Crippen molar-refractivity contribution in [2.24, 2.45) is 0 Å². The van der Waals surface area contributed by atoms with Gasteiger partial charge in [-0.2, -0.15) is 0 Å². The van der Waals surface area contributed by atoms with Crippen LogP contribution in [0.5, 0.6) is 5.75 Å². The Labute approximate surface area is 139 Å². The first-order chi connectivity index (χ1) is 10.6. The molecular weight excluding hydrogens is 342 g/mol. The van der Waals surface area contributed by atoms with Crippen LogP contribution in [0.1, 0.15) is 25.0 Å². The average molecular weight is 362 g/mol. The van der Waals surface area contributed by atoms with Crippen LogP contribution in [0.2, 0.25) is 0 Å². The number of hydrogen-bond donors (Lipinski definition) is 1. The number of aryl methyl sites for hydroxylation is 2. The lowest BCUT2D eigenvalue weighted by Crippen LogP contribution is -2.20. The van der Waals surface area contributed by atoms with Crippen LogP contribution >= 0.6 is 15.9 Å². The molecular formula is C18H20BrNO2. The second-order valence-corrected chi connectivity index (χ2v) is 5.86. The molecule has 0 unspecified atom stereocenters. The number of amides is 1. The number of rotatable bonds is 6. The van der Waals surface area contributed by atoms with Gasteiger partial charge in [-0.1, -0.05) is 32.0 Å². The summed E-state index contributed by atoms with van der Waals surface area (Å²) in [5.41, 5.74) is 3.17. The van der Waals surface area contributed by atoms with Gasteiger partial charge in [0.15, 0.2) is 6.61 Å². The molecule has 0 saturated heterocycles. The third-order valence-electron chi connectivity index (χ3n) is 3.39. The van der Waals surface area contributed by atoms with Crippen molar-refractivity contribution in [1.82, 2.24) is 0 Å². The largest absolute Gasteiger partial charge is 0.484 e. The van der Waals surface area contributed by atoms with E-state index >= 15 is 0 Å². The van der Waals surface area contributed by atoms with Gasteiger partial charge in [-0.05, 0) is 64.2 Å². The van der Waals surface area contributed by atoms with Crippen molar-refractivity contribution < 1.29 is 9.53 Å². The number of carbonyl (C=O) groups is 1. The number of anilines is 1. The van der Waals surface area contributed by atoms with Crippen LogP contribution in [0.4, 0.5) is 5.69 Å². The number of halogens is 1. The van der Waals surface area contributed by atoms with Gasteiger partial charge in [-0.25, -0.2) is 0 Å². The summed E-state index contributed by atoms with van der Waals surface area (Å²) in [6.45, 7) is 4.18. The summed E-state index contributed by atoms with van der Waals surface area (Å²) in [5, 5.41) is 2.85. The van der Waals surface area contributed by atoms with Crippen LogP contribution in [0, 0.1) is 0 Å². The molecule has 1 amide bonds. The number of ether oxygens (including phenoxy) is 1. The van der Waals surface area contributed by atoms with E-state index < -0.39 is 0 Å². The molecule has 0 aliphatic carbocycles. The van der Waals surface area contributed by atoms with Crippen molar-refractivity contribution in [3.8, 4) is 5.75 Å². The molecule has 22 heavy (non-hydrogen) atoms. The highest BCUT2D eigenvalue weighted by Crippen LogP contribution is 2.24. The fourth-order valence-corrected chi connectivity index (χ4v) is 2.60. The highest BCUT2D eigenvalue weighted by molar-refractivity contribution is 9.10. The lowest BCUT2D eigenvalue weighted by molar-refractivity contribution is -0.118. The third kappa shape index (κ3) is 4.60. The van der Waals surface area contributed by atoms with Gasteiger partial charge < -0.3 is 10.1 Å². The van der Waals surface area contributed by atoms with Crippen molar-refractivity contribution in [2.75, 3.05) is 11.9 Å². The Morgan fingerprint density at radius 1 is 1.09 bits per heavy atom. The molecule has 2 rings (SSSR count). The van der Waals surface area contributed by atoms with Gasteiger partial charge >= 0.3 is 0 Å². The summed E-state index contributed by atoms with van der Waals surface area (Å²) in [7, 11) is 0. The average Bonchev–Trinajstić information content (AvgIpc) is 2.55. The fraction of sp³-hybridized carbons (Fsp3) is 0.278. The quantitative estimate of drug-likeness (QED) is 0.816. The molecule has 2 aromatic rings. The predicted octanol–water partition coefficient (Wildman–Crippen LogP) is 4.59. The molecule has 4 heteroatoms. The first-order valence-corrected chi connectivity index (χ1v) is 8.21. The third-order valence-corrected chi connectivity index (χ3v) is 4.05. The zero-order valence-electron chi connectivity index (χ0n) is 12.9. The summed E-state index contributed by atoms with van der Waals surface area (Å²) >= 11 is 3.48. The molecule has 0 aliphatic rings. The summed E-state index contributed by atoms with van der Waals surface area (Å²) in [4.78, 5) is 12.0. The maximum Gasteiger partial charge on any atom is 0.262 e. The van der Waals surface area contributed by atoms with E-state index in [-0.39, 0.29) is 12.5 Å². The molecule has 0 radical (unpaired) electrons. The summed E-state index contributed by atoms with van der Waals surface area (Å²) < 4.78 is 6.42. The van der Waals surface area contributed by atoms with Gasteiger partial charge in [0, 0.05) is 4.47 Å². The number of carbonyl (C=O) groups excluding carboxylic acids is 1. The van der Waals surface area contributed by atoms with Crippen LogP contribution in [-0.2, 0) is 17.6 Å². The Kier molecular flexibility index (Phi) is 6.01. The van der Waals surface area contributed by atoms with Gasteiger partial charge in [0.05, 0.1) is 5.69 Å². The molecule has 0 heterocycles. The first kappa shape index (κ1) is 16.6. The SMILES string of the molecule is CCc1cccc(OCC(=O)Nc2ccc(CC)cc2Br)c1. The molecule has 0 fully saturated rings. The highest BCUT2D eigenvalue weighted by Gasteiger charge is 2.07. The number of nitrogens with one attached hydrogen (secondary N) is 1. The maximum absolute atomic E-state index is 12.0.